The monoisotopic (exact) mass is 385 g/mol. The van der Waals surface area contributed by atoms with E-state index in [-0.39, 0.29) is 19.1 Å². The van der Waals surface area contributed by atoms with Gasteiger partial charge in [-0.05, 0) is 29.7 Å². The molecule has 0 fully saturated rings. The first kappa shape index (κ1) is 19.0. The summed E-state index contributed by atoms with van der Waals surface area (Å²) in [6.07, 6.45) is 2.82. The number of rotatable bonds is 6. The topological polar surface area (TPSA) is 55.8 Å². The first-order valence-corrected chi connectivity index (χ1v) is 9.06. The standard InChI is InChI=1S/C21H20ClNO4/c22-18-8-4-5-9-19(18)26-15-21(25)27-14-20(24)23-12-10-17(11-13-23)16-6-2-1-3-7-16/h1-10H,11-15H2. The van der Waals surface area contributed by atoms with E-state index in [0.29, 0.717) is 23.9 Å². The number of para-hydroxylation sites is 1. The summed E-state index contributed by atoms with van der Waals surface area (Å²) in [5, 5.41) is 0.413. The summed E-state index contributed by atoms with van der Waals surface area (Å²) in [4.78, 5) is 25.7. The lowest BCUT2D eigenvalue weighted by atomic mass is 10.00. The molecule has 27 heavy (non-hydrogen) atoms. The first-order chi connectivity index (χ1) is 13.1. The van der Waals surface area contributed by atoms with Crippen LogP contribution in [0.1, 0.15) is 12.0 Å². The average molecular weight is 386 g/mol. The lowest BCUT2D eigenvalue weighted by Gasteiger charge is -2.26. The molecule has 0 radical (unpaired) electrons. The molecular formula is C21H20ClNO4. The molecule has 0 bridgehead atoms. The number of benzene rings is 2. The third-order valence-corrected chi connectivity index (χ3v) is 4.56. The molecule has 0 saturated carbocycles. The Morgan fingerprint density at radius 3 is 2.44 bits per heavy atom. The highest BCUT2D eigenvalue weighted by Crippen LogP contribution is 2.23. The second-order valence-electron chi connectivity index (χ2n) is 6.06. The molecule has 1 aliphatic rings. The molecule has 2 aromatic rings. The summed E-state index contributed by atoms with van der Waals surface area (Å²) in [6, 6.07) is 16.9. The van der Waals surface area contributed by atoms with Gasteiger partial charge in [-0.1, -0.05) is 60.1 Å². The van der Waals surface area contributed by atoms with Crippen molar-refractivity contribution in [1.82, 2.24) is 4.90 Å². The number of amides is 1. The molecule has 1 heterocycles. The van der Waals surface area contributed by atoms with Crippen molar-refractivity contribution in [2.45, 2.75) is 6.42 Å². The summed E-state index contributed by atoms with van der Waals surface area (Å²) >= 11 is 5.95. The fourth-order valence-electron chi connectivity index (χ4n) is 2.78. The highest BCUT2D eigenvalue weighted by atomic mass is 35.5. The van der Waals surface area contributed by atoms with Crippen molar-refractivity contribution in [3.8, 4) is 5.75 Å². The Morgan fingerprint density at radius 1 is 1.00 bits per heavy atom. The molecule has 6 heteroatoms. The third kappa shape index (κ3) is 5.34. The van der Waals surface area contributed by atoms with E-state index in [0.717, 1.165) is 6.42 Å². The van der Waals surface area contributed by atoms with Gasteiger partial charge in [0, 0.05) is 13.1 Å². The number of nitrogens with zero attached hydrogens (tertiary/aromatic N) is 1. The van der Waals surface area contributed by atoms with Crippen molar-refractivity contribution in [2.75, 3.05) is 26.3 Å². The van der Waals surface area contributed by atoms with Gasteiger partial charge in [0.25, 0.3) is 5.91 Å². The van der Waals surface area contributed by atoms with Gasteiger partial charge < -0.3 is 14.4 Å². The molecule has 0 spiro atoms. The number of hydrogen-bond acceptors (Lipinski definition) is 4. The molecule has 0 N–H and O–H groups in total. The van der Waals surface area contributed by atoms with Gasteiger partial charge in [-0.15, -0.1) is 0 Å². The van der Waals surface area contributed by atoms with Gasteiger partial charge in [-0.3, -0.25) is 4.79 Å². The van der Waals surface area contributed by atoms with E-state index in [2.05, 4.69) is 12.1 Å². The van der Waals surface area contributed by atoms with Gasteiger partial charge in [-0.2, -0.15) is 0 Å². The Kier molecular flexibility index (Phi) is 6.49. The molecule has 0 saturated heterocycles. The molecule has 0 unspecified atom stereocenters. The van der Waals surface area contributed by atoms with Crippen molar-refractivity contribution < 1.29 is 19.1 Å². The maximum absolute atomic E-state index is 12.2. The predicted molar refractivity (Wildman–Crippen MR) is 104 cm³/mol. The van der Waals surface area contributed by atoms with Crippen LogP contribution < -0.4 is 4.74 Å². The van der Waals surface area contributed by atoms with E-state index in [1.165, 1.54) is 11.1 Å². The van der Waals surface area contributed by atoms with Crippen LogP contribution >= 0.6 is 11.6 Å². The number of halogens is 1. The van der Waals surface area contributed by atoms with Crippen LogP contribution in [0.3, 0.4) is 0 Å². The second-order valence-corrected chi connectivity index (χ2v) is 6.47. The SMILES string of the molecule is O=C(COc1ccccc1Cl)OCC(=O)N1CC=C(c2ccccc2)CC1. The number of carbonyl (C=O) groups is 2. The van der Waals surface area contributed by atoms with E-state index in [4.69, 9.17) is 21.1 Å². The minimum atomic E-state index is -0.610. The molecule has 0 aromatic heterocycles. The smallest absolute Gasteiger partial charge is 0.344 e. The number of hydrogen-bond donors (Lipinski definition) is 0. The summed E-state index contributed by atoms with van der Waals surface area (Å²) in [7, 11) is 0. The molecule has 0 aliphatic carbocycles. The van der Waals surface area contributed by atoms with Gasteiger partial charge in [0.1, 0.15) is 5.75 Å². The molecule has 5 nitrogen and oxygen atoms in total. The Balaban J connectivity index is 1.42. The van der Waals surface area contributed by atoms with Gasteiger partial charge in [-0.25, -0.2) is 4.79 Å². The lowest BCUT2D eigenvalue weighted by molar-refractivity contribution is -0.153. The van der Waals surface area contributed by atoms with E-state index in [9.17, 15) is 9.59 Å². The van der Waals surface area contributed by atoms with E-state index < -0.39 is 5.97 Å². The zero-order valence-corrected chi connectivity index (χ0v) is 15.5. The Bertz CT molecular complexity index is 835. The van der Waals surface area contributed by atoms with Crippen molar-refractivity contribution in [1.29, 1.82) is 0 Å². The van der Waals surface area contributed by atoms with Crippen LogP contribution in [0.4, 0.5) is 0 Å². The molecular weight excluding hydrogens is 366 g/mol. The quantitative estimate of drug-likeness (QED) is 0.713. The maximum Gasteiger partial charge on any atom is 0.344 e. The Hall–Kier alpha value is -2.79. The molecule has 1 aliphatic heterocycles. The lowest BCUT2D eigenvalue weighted by Crippen LogP contribution is -2.38. The van der Waals surface area contributed by atoms with Crippen LogP contribution in [-0.2, 0) is 14.3 Å². The highest BCUT2D eigenvalue weighted by Gasteiger charge is 2.19. The van der Waals surface area contributed by atoms with E-state index in [1.54, 1.807) is 29.2 Å². The summed E-state index contributed by atoms with van der Waals surface area (Å²) in [6.45, 7) is 0.526. The Labute approximate surface area is 163 Å². The number of ether oxygens (including phenoxy) is 2. The van der Waals surface area contributed by atoms with Crippen LogP contribution in [0, 0.1) is 0 Å². The zero-order chi connectivity index (χ0) is 19.1. The molecule has 2 aromatic carbocycles. The summed E-state index contributed by atoms with van der Waals surface area (Å²) in [5.74, 6) is -0.428. The van der Waals surface area contributed by atoms with E-state index in [1.807, 2.05) is 24.3 Å². The third-order valence-electron chi connectivity index (χ3n) is 4.25. The Morgan fingerprint density at radius 2 is 1.74 bits per heavy atom. The molecule has 3 rings (SSSR count). The van der Waals surface area contributed by atoms with Crippen LogP contribution in [0.15, 0.2) is 60.7 Å². The summed E-state index contributed by atoms with van der Waals surface area (Å²) < 4.78 is 10.3. The number of esters is 1. The highest BCUT2D eigenvalue weighted by molar-refractivity contribution is 6.32. The van der Waals surface area contributed by atoms with Gasteiger partial charge >= 0.3 is 5.97 Å². The van der Waals surface area contributed by atoms with Crippen molar-refractivity contribution >= 4 is 29.1 Å². The van der Waals surface area contributed by atoms with Crippen molar-refractivity contribution in [2.24, 2.45) is 0 Å². The predicted octanol–water partition coefficient (Wildman–Crippen LogP) is 3.58. The largest absolute Gasteiger partial charge is 0.480 e. The van der Waals surface area contributed by atoms with Crippen LogP contribution in [0.5, 0.6) is 5.75 Å². The van der Waals surface area contributed by atoms with Gasteiger partial charge in [0.15, 0.2) is 13.2 Å². The van der Waals surface area contributed by atoms with Gasteiger partial charge in [0.2, 0.25) is 0 Å². The minimum absolute atomic E-state index is 0.218. The normalized spacial score (nSPS) is 13.7. The van der Waals surface area contributed by atoms with Crippen LogP contribution in [0.25, 0.3) is 5.57 Å². The fourth-order valence-corrected chi connectivity index (χ4v) is 2.97. The molecule has 140 valence electrons. The molecule has 0 atom stereocenters. The van der Waals surface area contributed by atoms with Crippen LogP contribution in [-0.4, -0.2) is 43.1 Å². The van der Waals surface area contributed by atoms with Gasteiger partial charge in [0.05, 0.1) is 5.02 Å². The van der Waals surface area contributed by atoms with E-state index >= 15 is 0 Å². The zero-order valence-electron chi connectivity index (χ0n) is 14.8. The first-order valence-electron chi connectivity index (χ1n) is 8.68. The second kappa shape index (κ2) is 9.24. The average Bonchev–Trinajstić information content (AvgIpc) is 2.72. The number of carbonyl (C=O) groups excluding carboxylic acids is 2. The summed E-state index contributed by atoms with van der Waals surface area (Å²) in [5.41, 5.74) is 2.40. The van der Waals surface area contributed by atoms with Crippen molar-refractivity contribution in [3.63, 3.8) is 0 Å². The minimum Gasteiger partial charge on any atom is -0.480 e. The fraction of sp³-hybridized carbons (Fsp3) is 0.238. The van der Waals surface area contributed by atoms with Crippen LogP contribution in [0.2, 0.25) is 5.02 Å². The van der Waals surface area contributed by atoms with Crippen molar-refractivity contribution in [3.05, 3.63) is 71.3 Å². The maximum atomic E-state index is 12.2. The molecule has 1 amide bonds.